The molecule has 0 bridgehead atoms. The SMILES string of the molecule is CCCNCC1CCCN(CC(O)COCCOC)C1. The Hall–Kier alpha value is -0.200. The van der Waals surface area contributed by atoms with Crippen molar-refractivity contribution in [3.05, 3.63) is 0 Å². The van der Waals surface area contributed by atoms with Gasteiger partial charge < -0.3 is 24.8 Å². The van der Waals surface area contributed by atoms with Crippen LogP contribution in [0.2, 0.25) is 0 Å². The monoisotopic (exact) mass is 288 g/mol. The second kappa shape index (κ2) is 11.5. The molecule has 20 heavy (non-hydrogen) atoms. The van der Waals surface area contributed by atoms with E-state index in [1.165, 1.54) is 19.3 Å². The molecule has 0 aromatic heterocycles. The molecule has 1 rings (SSSR count). The highest BCUT2D eigenvalue weighted by Crippen LogP contribution is 2.16. The zero-order chi connectivity index (χ0) is 14.6. The summed E-state index contributed by atoms with van der Waals surface area (Å²) >= 11 is 0. The summed E-state index contributed by atoms with van der Waals surface area (Å²) in [7, 11) is 1.65. The molecule has 1 aliphatic rings. The second-order valence-corrected chi connectivity index (χ2v) is 5.69. The number of hydrogen-bond acceptors (Lipinski definition) is 5. The predicted molar refractivity (Wildman–Crippen MR) is 81.0 cm³/mol. The van der Waals surface area contributed by atoms with Gasteiger partial charge in [0.05, 0.1) is 25.9 Å². The maximum atomic E-state index is 9.98. The molecule has 1 fully saturated rings. The Bertz CT molecular complexity index is 229. The molecule has 0 spiro atoms. The molecule has 5 nitrogen and oxygen atoms in total. The van der Waals surface area contributed by atoms with Gasteiger partial charge in [0.15, 0.2) is 0 Å². The summed E-state index contributed by atoms with van der Waals surface area (Å²) in [6, 6.07) is 0. The van der Waals surface area contributed by atoms with Gasteiger partial charge in [-0.25, -0.2) is 0 Å². The molecule has 0 aromatic carbocycles. The average Bonchev–Trinajstić information content (AvgIpc) is 2.44. The van der Waals surface area contributed by atoms with Crippen LogP contribution < -0.4 is 5.32 Å². The van der Waals surface area contributed by atoms with E-state index in [9.17, 15) is 5.11 Å². The normalized spacial score (nSPS) is 22.1. The zero-order valence-corrected chi connectivity index (χ0v) is 13.1. The first-order chi connectivity index (χ1) is 9.76. The third-order valence-corrected chi connectivity index (χ3v) is 3.67. The van der Waals surface area contributed by atoms with E-state index < -0.39 is 6.10 Å². The lowest BCUT2D eigenvalue weighted by Crippen LogP contribution is -2.44. The zero-order valence-electron chi connectivity index (χ0n) is 13.1. The molecular formula is C15H32N2O3. The Morgan fingerprint density at radius 2 is 2.25 bits per heavy atom. The van der Waals surface area contributed by atoms with Gasteiger partial charge in [-0.2, -0.15) is 0 Å². The number of aliphatic hydroxyl groups is 1. The van der Waals surface area contributed by atoms with Crippen molar-refractivity contribution >= 4 is 0 Å². The third kappa shape index (κ3) is 8.17. The lowest BCUT2D eigenvalue weighted by molar-refractivity contribution is -0.00569. The number of piperidine rings is 1. The number of β-amino-alcohol motifs (C(OH)–C–C–N with tert-alkyl or cyclic N) is 1. The lowest BCUT2D eigenvalue weighted by atomic mass is 9.97. The minimum absolute atomic E-state index is 0.394. The fourth-order valence-corrected chi connectivity index (χ4v) is 2.68. The summed E-state index contributed by atoms with van der Waals surface area (Å²) in [5, 5.41) is 13.5. The van der Waals surface area contributed by atoms with Crippen LogP contribution in [0.15, 0.2) is 0 Å². The van der Waals surface area contributed by atoms with Crippen molar-refractivity contribution in [3.63, 3.8) is 0 Å². The first-order valence-electron chi connectivity index (χ1n) is 7.94. The molecule has 2 N–H and O–H groups in total. The van der Waals surface area contributed by atoms with Gasteiger partial charge in [-0.05, 0) is 44.8 Å². The maximum absolute atomic E-state index is 9.98. The largest absolute Gasteiger partial charge is 0.389 e. The van der Waals surface area contributed by atoms with E-state index in [0.29, 0.717) is 19.8 Å². The molecular weight excluding hydrogens is 256 g/mol. The Kier molecular flexibility index (Phi) is 10.2. The van der Waals surface area contributed by atoms with Crippen molar-refractivity contribution in [3.8, 4) is 0 Å². The number of methoxy groups -OCH3 is 1. The summed E-state index contributed by atoms with van der Waals surface area (Å²) in [4.78, 5) is 2.37. The van der Waals surface area contributed by atoms with Crippen LogP contribution in [0.4, 0.5) is 0 Å². The number of rotatable bonds is 11. The van der Waals surface area contributed by atoms with Gasteiger partial charge in [-0.15, -0.1) is 0 Å². The summed E-state index contributed by atoms with van der Waals surface area (Å²) in [5.41, 5.74) is 0. The van der Waals surface area contributed by atoms with Crippen molar-refractivity contribution in [2.24, 2.45) is 5.92 Å². The number of aliphatic hydroxyl groups excluding tert-OH is 1. The molecule has 0 amide bonds. The molecule has 1 saturated heterocycles. The highest BCUT2D eigenvalue weighted by molar-refractivity contribution is 4.76. The van der Waals surface area contributed by atoms with Gasteiger partial charge in [0.2, 0.25) is 0 Å². The van der Waals surface area contributed by atoms with Crippen LogP contribution in [-0.2, 0) is 9.47 Å². The van der Waals surface area contributed by atoms with E-state index in [0.717, 1.165) is 38.6 Å². The first-order valence-corrected chi connectivity index (χ1v) is 7.94. The van der Waals surface area contributed by atoms with Crippen LogP contribution >= 0.6 is 0 Å². The van der Waals surface area contributed by atoms with E-state index >= 15 is 0 Å². The van der Waals surface area contributed by atoms with Gasteiger partial charge >= 0.3 is 0 Å². The molecule has 0 aromatic rings. The van der Waals surface area contributed by atoms with Crippen LogP contribution in [0.1, 0.15) is 26.2 Å². The van der Waals surface area contributed by atoms with E-state index in [1.54, 1.807) is 7.11 Å². The van der Waals surface area contributed by atoms with E-state index in [-0.39, 0.29) is 0 Å². The molecule has 5 heteroatoms. The molecule has 0 radical (unpaired) electrons. The van der Waals surface area contributed by atoms with Gasteiger partial charge in [0.25, 0.3) is 0 Å². The average molecular weight is 288 g/mol. The quantitative estimate of drug-likeness (QED) is 0.549. The van der Waals surface area contributed by atoms with Crippen molar-refractivity contribution < 1.29 is 14.6 Å². The number of nitrogens with zero attached hydrogens (tertiary/aromatic N) is 1. The van der Waals surface area contributed by atoms with Crippen molar-refractivity contribution in [1.82, 2.24) is 10.2 Å². The minimum Gasteiger partial charge on any atom is -0.389 e. The van der Waals surface area contributed by atoms with Crippen LogP contribution in [0.25, 0.3) is 0 Å². The minimum atomic E-state index is -0.394. The van der Waals surface area contributed by atoms with E-state index in [2.05, 4.69) is 17.1 Å². The number of ether oxygens (including phenoxy) is 2. The number of nitrogens with one attached hydrogen (secondary N) is 1. The summed E-state index contributed by atoms with van der Waals surface area (Å²) in [6.07, 6.45) is 3.33. The lowest BCUT2D eigenvalue weighted by Gasteiger charge is -2.34. The fourth-order valence-electron chi connectivity index (χ4n) is 2.68. The van der Waals surface area contributed by atoms with Crippen LogP contribution in [0, 0.1) is 5.92 Å². The van der Waals surface area contributed by atoms with Crippen molar-refractivity contribution in [2.75, 3.05) is 59.7 Å². The Morgan fingerprint density at radius 1 is 1.40 bits per heavy atom. The fraction of sp³-hybridized carbons (Fsp3) is 1.00. The second-order valence-electron chi connectivity index (χ2n) is 5.69. The summed E-state index contributed by atoms with van der Waals surface area (Å²) < 4.78 is 10.3. The Morgan fingerprint density at radius 3 is 3.00 bits per heavy atom. The van der Waals surface area contributed by atoms with Gasteiger partial charge in [0.1, 0.15) is 0 Å². The van der Waals surface area contributed by atoms with Gasteiger partial charge in [-0.1, -0.05) is 6.92 Å². The third-order valence-electron chi connectivity index (χ3n) is 3.67. The number of likely N-dealkylation sites (tertiary alicyclic amines) is 1. The highest BCUT2D eigenvalue weighted by atomic mass is 16.5. The molecule has 2 atom stereocenters. The smallest absolute Gasteiger partial charge is 0.0900 e. The number of hydrogen-bond donors (Lipinski definition) is 2. The predicted octanol–water partition coefficient (Wildman–Crippen LogP) is 0.722. The molecule has 0 aliphatic carbocycles. The summed E-state index contributed by atoms with van der Waals surface area (Å²) in [6.45, 7) is 8.84. The standard InChI is InChI=1S/C15H32N2O3/c1-3-6-16-10-14-5-4-7-17(11-14)12-15(18)13-20-9-8-19-2/h14-16,18H,3-13H2,1-2H3. The van der Waals surface area contributed by atoms with Gasteiger partial charge in [0, 0.05) is 20.2 Å². The summed E-state index contributed by atoms with van der Waals surface area (Å²) in [5.74, 6) is 0.719. The van der Waals surface area contributed by atoms with E-state index in [4.69, 9.17) is 9.47 Å². The molecule has 0 saturated carbocycles. The van der Waals surface area contributed by atoms with E-state index in [1.807, 2.05) is 0 Å². The van der Waals surface area contributed by atoms with Crippen LogP contribution in [-0.4, -0.2) is 75.8 Å². The topological polar surface area (TPSA) is 54.0 Å². The Balaban J connectivity index is 2.12. The van der Waals surface area contributed by atoms with Gasteiger partial charge in [-0.3, -0.25) is 0 Å². The molecule has 1 heterocycles. The van der Waals surface area contributed by atoms with Crippen LogP contribution in [0.5, 0.6) is 0 Å². The maximum Gasteiger partial charge on any atom is 0.0900 e. The van der Waals surface area contributed by atoms with Crippen molar-refractivity contribution in [2.45, 2.75) is 32.3 Å². The highest BCUT2D eigenvalue weighted by Gasteiger charge is 2.21. The molecule has 1 aliphatic heterocycles. The molecule has 120 valence electrons. The molecule has 2 unspecified atom stereocenters. The Labute approximate surface area is 123 Å². The van der Waals surface area contributed by atoms with Crippen molar-refractivity contribution in [1.29, 1.82) is 0 Å². The first kappa shape index (κ1) is 17.9. The van der Waals surface area contributed by atoms with Crippen LogP contribution in [0.3, 0.4) is 0 Å².